The minimum atomic E-state index is 0.841. The molecule has 0 aliphatic carbocycles. The number of para-hydroxylation sites is 1. The van der Waals surface area contributed by atoms with E-state index in [2.05, 4.69) is 66.7 Å². The second kappa shape index (κ2) is 19.4. The fourth-order valence-electron chi connectivity index (χ4n) is 2.05. The Labute approximate surface area is 170 Å². The number of quaternary nitrogens is 1. The summed E-state index contributed by atoms with van der Waals surface area (Å²) in [4.78, 5) is 0. The zero-order valence-electron chi connectivity index (χ0n) is 15.5. The first-order valence-corrected chi connectivity index (χ1v) is 11.5. The number of allylic oxidation sites excluding steroid dienone is 3. The number of alkyl halides is 2. The molecule has 25 heavy (non-hydrogen) atoms. The number of nitrogens with two attached hydrogens (primary N) is 1. The molecule has 0 saturated carbocycles. The fourth-order valence-corrected chi connectivity index (χ4v) is 2.44. The average Bonchev–Trinajstić information content (AvgIpc) is 2.67. The molecule has 0 spiro atoms. The van der Waals surface area contributed by atoms with Gasteiger partial charge in [-0.05, 0) is 43.3 Å². The van der Waals surface area contributed by atoms with E-state index in [1.165, 1.54) is 32.2 Å². The van der Waals surface area contributed by atoms with Crippen molar-refractivity contribution in [2.75, 3.05) is 29.8 Å². The van der Waals surface area contributed by atoms with Gasteiger partial charge in [-0.3, -0.25) is 5.01 Å². The van der Waals surface area contributed by atoms with Gasteiger partial charge in [-0.1, -0.05) is 68.6 Å². The van der Waals surface area contributed by atoms with E-state index in [0.717, 1.165) is 17.4 Å². The highest BCUT2D eigenvalue weighted by Gasteiger charge is 1.93. The summed E-state index contributed by atoms with van der Waals surface area (Å²) in [6.45, 7) is 1.18. The number of halogens is 2. The number of unbranched alkanes of at least 4 members (excludes halogenated alkanes) is 3. The lowest BCUT2D eigenvalue weighted by Gasteiger charge is -2.11. The van der Waals surface area contributed by atoms with E-state index in [9.17, 15) is 0 Å². The van der Waals surface area contributed by atoms with Crippen molar-refractivity contribution in [3.8, 4) is 0 Å². The lowest BCUT2D eigenvalue weighted by atomic mass is 10.2. The van der Waals surface area contributed by atoms with Gasteiger partial charge in [-0.15, -0.1) is 0 Å². The van der Waals surface area contributed by atoms with Gasteiger partial charge in [0.2, 0.25) is 0 Å². The zero-order valence-corrected chi connectivity index (χ0v) is 18.6. The Balaban J connectivity index is 0.00000277. The Bertz CT molecular complexity index is 473. The zero-order chi connectivity index (χ0) is 18.6. The van der Waals surface area contributed by atoms with Crippen molar-refractivity contribution in [1.29, 1.82) is 0 Å². The van der Waals surface area contributed by atoms with Crippen LogP contribution >= 0.6 is 31.9 Å². The molecule has 2 N–H and O–H groups in total. The Hall–Kier alpha value is -0.910. The van der Waals surface area contributed by atoms with Gasteiger partial charge in [0.05, 0.1) is 18.4 Å². The van der Waals surface area contributed by atoms with E-state index in [0.29, 0.717) is 0 Å². The van der Waals surface area contributed by atoms with Crippen LogP contribution in [-0.2, 0) is 0 Å². The van der Waals surface area contributed by atoms with Crippen molar-refractivity contribution in [1.82, 2.24) is 0 Å². The van der Waals surface area contributed by atoms with Crippen LogP contribution in [0.2, 0.25) is 0 Å². The maximum Gasteiger partial charge on any atom is 0.0925 e. The summed E-state index contributed by atoms with van der Waals surface area (Å²) in [7, 11) is 1.96. The van der Waals surface area contributed by atoms with Crippen molar-refractivity contribution >= 4 is 43.8 Å². The van der Waals surface area contributed by atoms with Gasteiger partial charge in [0.15, 0.2) is 0 Å². The minimum Gasteiger partial charge on any atom is -0.320 e. The normalized spacial score (nSPS) is 11.2. The average molecular weight is 474 g/mol. The molecular weight excluding hydrogens is 442 g/mol. The summed E-state index contributed by atoms with van der Waals surface area (Å²) in [5.41, 5.74) is 1.10. The van der Waals surface area contributed by atoms with E-state index < -0.39 is 0 Å². The number of hydrogen-bond donors (Lipinski definition) is 1. The molecule has 1 rings (SSSR count). The SMILES string of the molecule is CBr.CN(/N=C/C/C=C\C=C/[NH2+]CCCCCCBr)c1ccccc1. The third kappa shape index (κ3) is 15.1. The summed E-state index contributed by atoms with van der Waals surface area (Å²) in [5.74, 6) is 1.81. The number of anilines is 1. The highest BCUT2D eigenvalue weighted by molar-refractivity contribution is 9.09. The standard InChI is InChI=1S/C19H28BrN3.CH3Br/c1-23(19-13-7-6-8-14-19)22-18-12-5-4-11-17-21-16-10-3-2-9-15-20;1-2/h4-8,11,13-14,17-18,21H,2-3,9-10,12,15-16H2,1H3;1H3/p+1/b5-4-,17-11-,22-18+;. The molecule has 0 amide bonds. The largest absolute Gasteiger partial charge is 0.320 e. The maximum atomic E-state index is 4.40. The monoisotopic (exact) mass is 472 g/mol. The summed E-state index contributed by atoms with van der Waals surface area (Å²) >= 11 is 6.40. The molecule has 0 aliphatic rings. The molecule has 1 aromatic carbocycles. The van der Waals surface area contributed by atoms with Crippen LogP contribution < -0.4 is 10.3 Å². The number of hydrazone groups is 1. The third-order valence-electron chi connectivity index (χ3n) is 3.38. The van der Waals surface area contributed by atoms with Gasteiger partial charge in [0.1, 0.15) is 0 Å². The van der Waals surface area contributed by atoms with Crippen LogP contribution in [-0.4, -0.2) is 31.0 Å². The molecule has 3 nitrogen and oxygen atoms in total. The number of benzene rings is 1. The molecule has 0 fully saturated rings. The molecule has 0 saturated heterocycles. The molecule has 0 heterocycles. The van der Waals surface area contributed by atoms with Crippen molar-refractivity contribution in [2.45, 2.75) is 32.1 Å². The van der Waals surface area contributed by atoms with Crippen molar-refractivity contribution < 1.29 is 5.32 Å². The lowest BCUT2D eigenvalue weighted by Crippen LogP contribution is -2.77. The number of hydrogen-bond acceptors (Lipinski definition) is 2. The van der Waals surface area contributed by atoms with Crippen LogP contribution in [0.4, 0.5) is 5.69 Å². The van der Waals surface area contributed by atoms with Crippen molar-refractivity contribution in [3.63, 3.8) is 0 Å². The maximum absolute atomic E-state index is 4.40. The fraction of sp³-hybridized carbons (Fsp3) is 0.450. The molecule has 0 radical (unpaired) electrons. The van der Waals surface area contributed by atoms with E-state index in [-0.39, 0.29) is 0 Å². The first-order valence-electron chi connectivity index (χ1n) is 8.74. The van der Waals surface area contributed by atoms with Gasteiger partial charge in [-0.25, -0.2) is 0 Å². The van der Waals surface area contributed by atoms with E-state index >= 15 is 0 Å². The van der Waals surface area contributed by atoms with Crippen molar-refractivity contribution in [2.24, 2.45) is 5.10 Å². The van der Waals surface area contributed by atoms with Gasteiger partial charge in [0, 0.05) is 25.0 Å². The topological polar surface area (TPSA) is 32.2 Å². The summed E-state index contributed by atoms with van der Waals surface area (Å²) < 4.78 is 0. The molecule has 140 valence electrons. The van der Waals surface area contributed by atoms with Crippen LogP contribution in [0.1, 0.15) is 32.1 Å². The second-order valence-corrected chi connectivity index (χ2v) is 6.13. The van der Waals surface area contributed by atoms with E-state index in [1.807, 2.05) is 54.4 Å². The van der Waals surface area contributed by atoms with Gasteiger partial charge < -0.3 is 5.32 Å². The smallest absolute Gasteiger partial charge is 0.0925 e. The predicted molar refractivity (Wildman–Crippen MR) is 120 cm³/mol. The highest BCUT2D eigenvalue weighted by atomic mass is 79.9. The minimum absolute atomic E-state index is 0.841. The molecule has 0 atom stereocenters. The highest BCUT2D eigenvalue weighted by Crippen LogP contribution is 2.10. The Kier molecular flexibility index (Phi) is 18.7. The first-order chi connectivity index (χ1) is 12.3. The van der Waals surface area contributed by atoms with E-state index in [1.54, 1.807) is 0 Å². The molecule has 1 aromatic rings. The number of rotatable bonds is 12. The van der Waals surface area contributed by atoms with Crippen LogP contribution in [0.5, 0.6) is 0 Å². The molecule has 5 heteroatoms. The van der Waals surface area contributed by atoms with Gasteiger partial charge in [0.25, 0.3) is 0 Å². The Morgan fingerprint density at radius 1 is 1.04 bits per heavy atom. The summed E-state index contributed by atoms with van der Waals surface area (Å²) in [5, 5.41) is 9.66. The van der Waals surface area contributed by atoms with Crippen LogP contribution in [0, 0.1) is 0 Å². The third-order valence-corrected chi connectivity index (χ3v) is 3.94. The van der Waals surface area contributed by atoms with Crippen molar-refractivity contribution in [3.05, 3.63) is 54.8 Å². The second-order valence-electron chi connectivity index (χ2n) is 5.33. The Morgan fingerprint density at radius 2 is 1.76 bits per heavy atom. The summed E-state index contributed by atoms with van der Waals surface area (Å²) in [6.07, 6.45) is 16.4. The molecule has 0 bridgehead atoms. The Morgan fingerprint density at radius 3 is 2.48 bits per heavy atom. The van der Waals surface area contributed by atoms with Gasteiger partial charge >= 0.3 is 0 Å². The molecule has 0 aliphatic heterocycles. The first kappa shape index (κ1) is 24.1. The van der Waals surface area contributed by atoms with Crippen LogP contribution in [0.3, 0.4) is 0 Å². The quantitative estimate of drug-likeness (QED) is 0.148. The number of nitrogens with zero attached hydrogens (tertiary/aromatic N) is 2. The molecule has 0 aromatic heterocycles. The molecular formula is C20H32Br2N3+. The van der Waals surface area contributed by atoms with Crippen LogP contribution in [0.15, 0.2) is 59.9 Å². The summed E-state index contributed by atoms with van der Waals surface area (Å²) in [6, 6.07) is 10.1. The molecule has 0 unspecified atom stereocenters. The lowest BCUT2D eigenvalue weighted by molar-refractivity contribution is -0.588. The van der Waals surface area contributed by atoms with Gasteiger partial charge in [-0.2, -0.15) is 5.10 Å². The van der Waals surface area contributed by atoms with E-state index in [4.69, 9.17) is 0 Å². The predicted octanol–water partition coefficient (Wildman–Crippen LogP) is 5.10. The van der Waals surface area contributed by atoms with Crippen LogP contribution in [0.25, 0.3) is 0 Å².